The van der Waals surface area contributed by atoms with Crippen molar-refractivity contribution in [2.75, 3.05) is 24.5 Å². The number of rotatable bonds is 6. The monoisotopic (exact) mass is 602 g/mol. The number of amides is 4. The maximum absolute atomic E-state index is 13.3. The van der Waals surface area contributed by atoms with Gasteiger partial charge in [-0.3, -0.25) is 19.2 Å². The first-order chi connectivity index (χ1) is 20.2. The molecule has 212 valence electrons. The molecule has 4 aromatic rings. The molecule has 0 aliphatic carbocycles. The van der Waals surface area contributed by atoms with Crippen LogP contribution in [0.3, 0.4) is 0 Å². The van der Waals surface area contributed by atoms with Gasteiger partial charge in [-0.1, -0.05) is 52.7 Å². The molecule has 0 radical (unpaired) electrons. The molecule has 1 saturated heterocycles. The van der Waals surface area contributed by atoms with Crippen molar-refractivity contribution >= 4 is 52.5 Å². The SMILES string of the molecule is Cc1ccccc1N1C(=O)c2ccc(C(=O)N3CCN(Cc4cn(Cc5ccc(Cl)cc5Cl)nn4)C(=O)C3)cc2C1=O. The minimum atomic E-state index is -0.480. The Labute approximate surface area is 251 Å². The lowest BCUT2D eigenvalue weighted by Gasteiger charge is -2.34. The summed E-state index contributed by atoms with van der Waals surface area (Å²) in [5.41, 5.74) is 3.38. The van der Waals surface area contributed by atoms with E-state index in [-0.39, 0.29) is 41.6 Å². The highest BCUT2D eigenvalue weighted by atomic mass is 35.5. The van der Waals surface area contributed by atoms with Gasteiger partial charge >= 0.3 is 0 Å². The van der Waals surface area contributed by atoms with Gasteiger partial charge in [0.25, 0.3) is 17.7 Å². The number of nitrogens with zero attached hydrogens (tertiary/aromatic N) is 6. The lowest BCUT2D eigenvalue weighted by atomic mass is 10.0. The van der Waals surface area contributed by atoms with Crippen LogP contribution >= 0.6 is 23.2 Å². The van der Waals surface area contributed by atoms with E-state index in [9.17, 15) is 19.2 Å². The zero-order valence-corrected chi connectivity index (χ0v) is 24.0. The molecular weight excluding hydrogens is 579 g/mol. The second-order valence-corrected chi connectivity index (χ2v) is 11.0. The van der Waals surface area contributed by atoms with E-state index >= 15 is 0 Å². The van der Waals surface area contributed by atoms with Crippen LogP contribution in [0.1, 0.15) is 47.9 Å². The molecule has 0 bridgehead atoms. The largest absolute Gasteiger partial charge is 0.333 e. The van der Waals surface area contributed by atoms with Crippen molar-refractivity contribution in [1.29, 1.82) is 0 Å². The number of para-hydroxylation sites is 1. The molecular formula is C30H24Cl2N6O4. The van der Waals surface area contributed by atoms with Crippen LogP contribution in [-0.2, 0) is 17.9 Å². The topological polar surface area (TPSA) is 109 Å². The molecule has 12 heteroatoms. The Morgan fingerprint density at radius 2 is 1.69 bits per heavy atom. The van der Waals surface area contributed by atoms with E-state index in [4.69, 9.17) is 23.2 Å². The Kier molecular flexibility index (Phi) is 7.26. The van der Waals surface area contributed by atoms with Gasteiger partial charge in [0.2, 0.25) is 5.91 Å². The van der Waals surface area contributed by atoms with E-state index in [0.717, 1.165) is 16.0 Å². The van der Waals surface area contributed by atoms with Gasteiger partial charge in [-0.05, 0) is 54.4 Å². The van der Waals surface area contributed by atoms with E-state index in [1.807, 2.05) is 25.1 Å². The highest BCUT2D eigenvalue weighted by Crippen LogP contribution is 2.31. The molecule has 0 spiro atoms. The smallest absolute Gasteiger partial charge is 0.266 e. The molecule has 0 unspecified atom stereocenters. The molecule has 4 amide bonds. The highest BCUT2D eigenvalue weighted by molar-refractivity contribution is 6.35. The Balaban J connectivity index is 1.10. The summed E-state index contributed by atoms with van der Waals surface area (Å²) >= 11 is 12.2. The second-order valence-electron chi connectivity index (χ2n) is 10.2. The normalized spacial score (nSPS) is 15.0. The van der Waals surface area contributed by atoms with Gasteiger partial charge in [0.05, 0.1) is 36.1 Å². The number of fused-ring (bicyclic) bond motifs is 1. The van der Waals surface area contributed by atoms with Crippen LogP contribution in [0.4, 0.5) is 5.69 Å². The summed E-state index contributed by atoms with van der Waals surface area (Å²) < 4.78 is 1.63. The third kappa shape index (κ3) is 5.15. The van der Waals surface area contributed by atoms with Crippen LogP contribution in [-0.4, -0.2) is 68.1 Å². The third-order valence-corrected chi connectivity index (χ3v) is 7.97. The van der Waals surface area contributed by atoms with Crippen molar-refractivity contribution in [2.24, 2.45) is 0 Å². The summed E-state index contributed by atoms with van der Waals surface area (Å²) in [6.45, 7) is 2.97. The number of benzene rings is 3. The summed E-state index contributed by atoms with van der Waals surface area (Å²) in [7, 11) is 0. The summed E-state index contributed by atoms with van der Waals surface area (Å²) in [5.74, 6) is -1.53. The first kappa shape index (κ1) is 27.6. The fourth-order valence-electron chi connectivity index (χ4n) is 5.15. The molecule has 2 aliphatic heterocycles. The van der Waals surface area contributed by atoms with Gasteiger partial charge in [0, 0.05) is 28.7 Å². The van der Waals surface area contributed by atoms with Gasteiger partial charge in [-0.2, -0.15) is 0 Å². The predicted molar refractivity (Wildman–Crippen MR) is 156 cm³/mol. The van der Waals surface area contributed by atoms with E-state index in [2.05, 4.69) is 10.3 Å². The van der Waals surface area contributed by atoms with E-state index in [0.29, 0.717) is 41.1 Å². The zero-order valence-electron chi connectivity index (χ0n) is 22.5. The van der Waals surface area contributed by atoms with Crippen LogP contribution in [0.5, 0.6) is 0 Å². The van der Waals surface area contributed by atoms with E-state index in [1.54, 1.807) is 40.0 Å². The number of anilines is 1. The Morgan fingerprint density at radius 3 is 2.45 bits per heavy atom. The molecule has 0 atom stereocenters. The molecule has 42 heavy (non-hydrogen) atoms. The van der Waals surface area contributed by atoms with Crippen molar-refractivity contribution in [1.82, 2.24) is 24.8 Å². The van der Waals surface area contributed by atoms with Gasteiger partial charge in [0.15, 0.2) is 0 Å². The summed E-state index contributed by atoms with van der Waals surface area (Å²) in [4.78, 5) is 56.7. The zero-order chi connectivity index (χ0) is 29.5. The first-order valence-electron chi connectivity index (χ1n) is 13.2. The summed E-state index contributed by atoms with van der Waals surface area (Å²) in [5, 5.41) is 9.38. The molecule has 1 fully saturated rings. The number of carbonyl (C=O) groups excluding carboxylic acids is 4. The average molecular weight is 603 g/mol. The van der Waals surface area contributed by atoms with Crippen molar-refractivity contribution in [2.45, 2.75) is 20.0 Å². The Hall–Kier alpha value is -4.54. The molecule has 0 N–H and O–H groups in total. The van der Waals surface area contributed by atoms with Crippen molar-refractivity contribution in [3.63, 3.8) is 0 Å². The van der Waals surface area contributed by atoms with E-state index < -0.39 is 11.8 Å². The highest BCUT2D eigenvalue weighted by Gasteiger charge is 2.38. The van der Waals surface area contributed by atoms with E-state index in [1.165, 1.54) is 23.1 Å². The van der Waals surface area contributed by atoms with Crippen LogP contribution in [0.25, 0.3) is 0 Å². The van der Waals surface area contributed by atoms with Crippen molar-refractivity contribution < 1.29 is 19.2 Å². The maximum Gasteiger partial charge on any atom is 0.266 e. The molecule has 2 aliphatic rings. The van der Waals surface area contributed by atoms with Gasteiger partial charge < -0.3 is 9.80 Å². The fourth-order valence-corrected chi connectivity index (χ4v) is 5.62. The molecule has 10 nitrogen and oxygen atoms in total. The Morgan fingerprint density at radius 1 is 0.905 bits per heavy atom. The molecule has 6 rings (SSSR count). The average Bonchev–Trinajstić information content (AvgIpc) is 3.52. The lowest BCUT2D eigenvalue weighted by Crippen LogP contribution is -2.51. The molecule has 0 saturated carbocycles. The van der Waals surface area contributed by atoms with Crippen LogP contribution in [0, 0.1) is 6.92 Å². The predicted octanol–water partition coefficient (Wildman–Crippen LogP) is 4.23. The van der Waals surface area contributed by atoms with Gasteiger partial charge in [-0.15, -0.1) is 5.10 Å². The number of carbonyl (C=O) groups is 4. The quantitative estimate of drug-likeness (QED) is 0.306. The summed E-state index contributed by atoms with van der Waals surface area (Å²) in [6, 6.07) is 16.8. The summed E-state index contributed by atoms with van der Waals surface area (Å²) in [6.07, 6.45) is 1.75. The number of halogens is 2. The Bertz CT molecular complexity index is 1770. The number of piperazine rings is 1. The molecule has 3 aromatic carbocycles. The number of aryl methyl sites for hydroxylation is 1. The van der Waals surface area contributed by atoms with Crippen LogP contribution in [0.2, 0.25) is 10.0 Å². The number of hydrogen-bond donors (Lipinski definition) is 0. The minimum Gasteiger partial charge on any atom is -0.333 e. The molecule has 3 heterocycles. The molecule has 1 aromatic heterocycles. The van der Waals surface area contributed by atoms with Crippen molar-refractivity contribution in [3.8, 4) is 0 Å². The van der Waals surface area contributed by atoms with Crippen LogP contribution < -0.4 is 4.90 Å². The second kappa shape index (κ2) is 11.0. The fraction of sp³-hybridized carbons (Fsp3) is 0.200. The van der Waals surface area contributed by atoms with Gasteiger partial charge in [0.1, 0.15) is 12.2 Å². The minimum absolute atomic E-state index is 0.118. The first-order valence-corrected chi connectivity index (χ1v) is 13.9. The standard InChI is InChI=1S/C30H24Cl2N6O4/c1-18-4-2-3-5-26(18)38-29(41)23-9-7-19(12-24(23)30(38)42)28(40)36-11-10-35(27(39)17-36)15-22-16-37(34-33-22)14-20-6-8-21(31)13-25(20)32/h2-9,12-13,16H,10-11,14-15,17H2,1H3. The van der Waals surface area contributed by atoms with Gasteiger partial charge in [-0.25, -0.2) is 9.58 Å². The van der Waals surface area contributed by atoms with Crippen molar-refractivity contribution in [3.05, 3.63) is 110 Å². The maximum atomic E-state index is 13.3. The number of hydrogen-bond acceptors (Lipinski definition) is 6. The number of aromatic nitrogens is 3. The third-order valence-electron chi connectivity index (χ3n) is 7.38. The lowest BCUT2D eigenvalue weighted by molar-refractivity contribution is -0.135. The van der Waals surface area contributed by atoms with Crippen LogP contribution in [0.15, 0.2) is 66.9 Å². The number of imide groups is 1.